The van der Waals surface area contributed by atoms with E-state index in [9.17, 15) is 24.3 Å². The van der Waals surface area contributed by atoms with E-state index in [4.69, 9.17) is 15.4 Å². The molecule has 10 heteroatoms. The molecule has 5 N–H and O–H groups in total. The molecule has 0 bridgehead atoms. The fourth-order valence-electron chi connectivity index (χ4n) is 2.21. The van der Waals surface area contributed by atoms with Crippen LogP contribution >= 0.6 is 7.60 Å². The van der Waals surface area contributed by atoms with Gasteiger partial charge in [-0.05, 0) is 38.1 Å². The summed E-state index contributed by atoms with van der Waals surface area (Å²) in [5.41, 5.74) is 5.34. The highest BCUT2D eigenvalue weighted by Crippen LogP contribution is 2.53. The fraction of sp³-hybridized carbons (Fsp3) is 0.857. The van der Waals surface area contributed by atoms with Crippen molar-refractivity contribution in [2.24, 2.45) is 11.7 Å². The summed E-state index contributed by atoms with van der Waals surface area (Å²) in [6.07, 6.45) is -0.0823. The van der Waals surface area contributed by atoms with Crippen LogP contribution in [0.15, 0.2) is 0 Å². The van der Waals surface area contributed by atoms with Crippen molar-refractivity contribution < 1.29 is 33.9 Å². The van der Waals surface area contributed by atoms with E-state index in [2.05, 4.69) is 0 Å². The number of hydrogen-bond acceptors (Lipinski definition) is 6. The van der Waals surface area contributed by atoms with Crippen LogP contribution in [0.25, 0.3) is 0 Å². The fourth-order valence-corrected chi connectivity index (χ4v) is 4.06. The Bertz CT molecular complexity index is 458. The summed E-state index contributed by atoms with van der Waals surface area (Å²) >= 11 is 0. The SMILES string of the molecule is CCCC(=O)N(O)[C@H](C(C)C)P(=O)(O)OC(CCCCN)C(=O)O. The molecule has 3 atom stereocenters. The van der Waals surface area contributed by atoms with Gasteiger partial charge in [0.25, 0.3) is 0 Å². The van der Waals surface area contributed by atoms with Crippen molar-refractivity contribution in [2.75, 3.05) is 6.54 Å². The van der Waals surface area contributed by atoms with Crippen molar-refractivity contribution in [3.63, 3.8) is 0 Å². The molecular weight excluding hydrogens is 339 g/mol. The molecule has 0 aromatic carbocycles. The molecule has 0 rings (SSSR count). The van der Waals surface area contributed by atoms with E-state index in [0.29, 0.717) is 25.8 Å². The van der Waals surface area contributed by atoms with Gasteiger partial charge in [0.1, 0.15) is 0 Å². The van der Waals surface area contributed by atoms with Gasteiger partial charge in [-0.25, -0.2) is 9.86 Å². The molecule has 24 heavy (non-hydrogen) atoms. The second-order valence-corrected chi connectivity index (χ2v) is 7.79. The number of amides is 1. The molecule has 0 spiro atoms. The number of rotatable bonds is 12. The van der Waals surface area contributed by atoms with Gasteiger partial charge in [-0.15, -0.1) is 0 Å². The maximum Gasteiger partial charge on any atom is 0.354 e. The Morgan fingerprint density at radius 1 is 1.29 bits per heavy atom. The van der Waals surface area contributed by atoms with E-state index in [1.807, 2.05) is 0 Å². The third-order valence-corrected chi connectivity index (χ3v) is 5.41. The summed E-state index contributed by atoms with van der Waals surface area (Å²) in [6.45, 7) is 5.16. The predicted octanol–water partition coefficient (Wildman–Crippen LogP) is 1.77. The van der Waals surface area contributed by atoms with Crippen molar-refractivity contribution in [1.29, 1.82) is 0 Å². The number of carbonyl (C=O) groups excluding carboxylic acids is 1. The molecule has 0 aromatic heterocycles. The average Bonchev–Trinajstić information content (AvgIpc) is 2.45. The van der Waals surface area contributed by atoms with E-state index in [1.54, 1.807) is 6.92 Å². The third-order valence-electron chi connectivity index (χ3n) is 3.37. The zero-order chi connectivity index (χ0) is 18.9. The molecule has 9 nitrogen and oxygen atoms in total. The van der Waals surface area contributed by atoms with Crippen LogP contribution in [0, 0.1) is 5.92 Å². The van der Waals surface area contributed by atoms with Crippen LogP contribution in [0.2, 0.25) is 0 Å². The van der Waals surface area contributed by atoms with Crippen LogP contribution in [0.5, 0.6) is 0 Å². The number of hydroxylamine groups is 2. The van der Waals surface area contributed by atoms with Crippen LogP contribution in [0.3, 0.4) is 0 Å². The first-order chi connectivity index (χ1) is 11.1. The first-order valence-corrected chi connectivity index (χ1v) is 9.67. The first kappa shape index (κ1) is 23.0. The molecular formula is C14H29N2O7P. The minimum atomic E-state index is -4.61. The summed E-state index contributed by atoms with van der Waals surface area (Å²) in [5.74, 6) is -4.25. The third kappa shape index (κ3) is 7.27. The Balaban J connectivity index is 5.25. The van der Waals surface area contributed by atoms with Crippen LogP contribution in [-0.4, -0.2) is 50.6 Å². The normalized spacial score (nSPS) is 16.5. The summed E-state index contributed by atoms with van der Waals surface area (Å²) in [5, 5.41) is 19.3. The molecule has 0 radical (unpaired) electrons. The number of carboxylic acid groups (broad SMARTS) is 1. The Morgan fingerprint density at radius 3 is 2.29 bits per heavy atom. The predicted molar refractivity (Wildman–Crippen MR) is 87.4 cm³/mol. The molecule has 0 aromatic rings. The molecule has 2 unspecified atom stereocenters. The number of unbranched alkanes of at least 4 members (excludes halogenated alkanes) is 1. The monoisotopic (exact) mass is 368 g/mol. The van der Waals surface area contributed by atoms with Crippen LogP contribution in [0.4, 0.5) is 0 Å². The highest BCUT2D eigenvalue weighted by atomic mass is 31.2. The number of carboxylic acids is 1. The highest BCUT2D eigenvalue weighted by Gasteiger charge is 2.44. The highest BCUT2D eigenvalue weighted by molar-refractivity contribution is 7.53. The molecule has 1 amide bonds. The Hall–Kier alpha value is -0.990. The Morgan fingerprint density at radius 2 is 1.88 bits per heavy atom. The van der Waals surface area contributed by atoms with Crippen molar-refractivity contribution in [3.8, 4) is 0 Å². The van der Waals surface area contributed by atoms with Crippen molar-refractivity contribution in [3.05, 3.63) is 0 Å². The van der Waals surface area contributed by atoms with E-state index in [1.165, 1.54) is 13.8 Å². The number of carbonyl (C=O) groups is 2. The Labute approximate surface area is 142 Å². The van der Waals surface area contributed by atoms with Gasteiger partial charge < -0.3 is 15.7 Å². The average molecular weight is 368 g/mol. The zero-order valence-corrected chi connectivity index (χ0v) is 15.3. The second kappa shape index (κ2) is 10.8. The number of nitrogens with two attached hydrogens (primary N) is 1. The lowest BCUT2D eigenvalue weighted by Crippen LogP contribution is -2.42. The minimum absolute atomic E-state index is 0.00141. The second-order valence-electron chi connectivity index (χ2n) is 5.93. The summed E-state index contributed by atoms with van der Waals surface area (Å²) in [7, 11) is -4.61. The van der Waals surface area contributed by atoms with Gasteiger partial charge in [-0.1, -0.05) is 20.8 Å². The molecule has 0 heterocycles. The van der Waals surface area contributed by atoms with Gasteiger partial charge in [0.2, 0.25) is 5.91 Å². The molecule has 0 aliphatic heterocycles. The van der Waals surface area contributed by atoms with Gasteiger partial charge in [0.15, 0.2) is 11.9 Å². The zero-order valence-electron chi connectivity index (χ0n) is 14.4. The smallest absolute Gasteiger partial charge is 0.354 e. The van der Waals surface area contributed by atoms with Gasteiger partial charge in [-0.3, -0.25) is 19.1 Å². The molecule has 0 aliphatic carbocycles. The number of aliphatic carboxylic acids is 1. The van der Waals surface area contributed by atoms with E-state index in [0.717, 1.165) is 0 Å². The van der Waals surface area contributed by atoms with Gasteiger partial charge in [0, 0.05) is 6.42 Å². The lowest BCUT2D eigenvalue weighted by molar-refractivity contribution is -0.174. The topological polar surface area (TPSA) is 150 Å². The number of hydrogen-bond donors (Lipinski definition) is 4. The summed E-state index contributed by atoms with van der Waals surface area (Å²) in [6, 6.07) is 0. The van der Waals surface area contributed by atoms with Crippen molar-refractivity contribution >= 4 is 19.5 Å². The molecule has 142 valence electrons. The standard InChI is InChI=1S/C14H29N2O7P/c1-4-7-12(17)16(20)13(10(2)3)24(21,22)23-11(14(18)19)8-5-6-9-15/h10-11,13,20H,4-9,15H2,1-3H3,(H,18,19)(H,21,22)/t11?,13-/m0/s1. The van der Waals surface area contributed by atoms with Crippen LogP contribution in [-0.2, 0) is 18.7 Å². The summed E-state index contributed by atoms with van der Waals surface area (Å²) in [4.78, 5) is 33.3. The maximum absolute atomic E-state index is 12.5. The van der Waals surface area contributed by atoms with E-state index in [-0.39, 0.29) is 17.9 Å². The van der Waals surface area contributed by atoms with Gasteiger partial charge >= 0.3 is 13.6 Å². The van der Waals surface area contributed by atoms with Crippen LogP contribution in [0.1, 0.15) is 52.9 Å². The first-order valence-electron chi connectivity index (χ1n) is 8.03. The quantitative estimate of drug-likeness (QED) is 0.176. The maximum atomic E-state index is 12.5. The molecule has 0 saturated carbocycles. The lowest BCUT2D eigenvalue weighted by Gasteiger charge is -2.32. The molecule has 0 fully saturated rings. The van der Waals surface area contributed by atoms with Crippen molar-refractivity contribution in [1.82, 2.24) is 5.06 Å². The Kier molecular flexibility index (Phi) is 10.3. The largest absolute Gasteiger partial charge is 0.479 e. The molecule has 0 saturated heterocycles. The molecule has 0 aliphatic rings. The summed E-state index contributed by atoms with van der Waals surface area (Å²) < 4.78 is 17.5. The van der Waals surface area contributed by atoms with Gasteiger partial charge in [-0.2, -0.15) is 0 Å². The lowest BCUT2D eigenvalue weighted by atomic mass is 10.1. The van der Waals surface area contributed by atoms with Crippen molar-refractivity contribution in [2.45, 2.75) is 64.8 Å². The minimum Gasteiger partial charge on any atom is -0.479 e. The van der Waals surface area contributed by atoms with E-state index < -0.39 is 37.3 Å². The van der Waals surface area contributed by atoms with E-state index >= 15 is 0 Å². The number of nitrogens with zero attached hydrogens (tertiary/aromatic N) is 1. The van der Waals surface area contributed by atoms with Gasteiger partial charge in [0.05, 0.1) is 0 Å². The van der Waals surface area contributed by atoms with Crippen LogP contribution < -0.4 is 5.73 Å².